The number of nitrogens with zero attached hydrogens (tertiary/aromatic N) is 1. The second-order valence-electron chi connectivity index (χ2n) is 8.10. The molecule has 142 valence electrons. The van der Waals surface area contributed by atoms with E-state index in [0.717, 1.165) is 27.1 Å². The molecule has 3 atom stereocenters. The number of carboxylic acid groups (broad SMARTS) is 1. The minimum atomic E-state index is -0.818. The van der Waals surface area contributed by atoms with Gasteiger partial charge in [0.1, 0.15) is 4.70 Å². The number of aliphatic carboxylic acids is 1. The third kappa shape index (κ3) is 2.87. The summed E-state index contributed by atoms with van der Waals surface area (Å²) in [5.74, 6) is 1.43. The molecule has 0 spiro atoms. The number of thiazole rings is 1. The highest BCUT2D eigenvalue weighted by atomic mass is 32.1. The first-order valence-electron chi connectivity index (χ1n) is 10.1. The topological polar surface area (TPSA) is 41.2 Å². The molecule has 0 bridgehead atoms. The summed E-state index contributed by atoms with van der Waals surface area (Å²) in [7, 11) is 0. The minimum absolute atomic E-state index is 0.0187. The van der Waals surface area contributed by atoms with Gasteiger partial charge in [-0.05, 0) is 59.4 Å². The summed E-state index contributed by atoms with van der Waals surface area (Å²) in [5, 5.41) is 10.3. The molecule has 4 heteroatoms. The molecular formula is C24H24NO2S+. The molecule has 2 aliphatic carbocycles. The lowest BCUT2D eigenvalue weighted by Crippen LogP contribution is -2.39. The summed E-state index contributed by atoms with van der Waals surface area (Å²) in [6, 6.07) is 14.9. The number of aromatic nitrogens is 1. The van der Waals surface area contributed by atoms with Crippen LogP contribution in [0.3, 0.4) is 0 Å². The van der Waals surface area contributed by atoms with Gasteiger partial charge in [0.15, 0.2) is 0 Å². The Morgan fingerprint density at radius 1 is 1.18 bits per heavy atom. The summed E-state index contributed by atoms with van der Waals surface area (Å²) < 4.78 is 3.00. The minimum Gasteiger partial charge on any atom is -0.477 e. The van der Waals surface area contributed by atoms with Crippen LogP contribution < -0.4 is 4.57 Å². The fraction of sp³-hybridized carbons (Fsp3) is 0.333. The normalized spacial score (nSPS) is 23.4. The van der Waals surface area contributed by atoms with Crippen LogP contribution in [0.4, 0.5) is 0 Å². The Balaban J connectivity index is 1.51. The first-order chi connectivity index (χ1) is 13.6. The first-order valence-corrected chi connectivity index (χ1v) is 10.9. The zero-order chi connectivity index (χ0) is 19.3. The Hall–Kier alpha value is -2.46. The van der Waals surface area contributed by atoms with Crippen molar-refractivity contribution in [1.82, 2.24) is 0 Å². The summed E-state index contributed by atoms with van der Waals surface area (Å²) in [6.07, 6.45) is 8.25. The molecule has 3 nitrogen and oxygen atoms in total. The fourth-order valence-corrected chi connectivity index (χ4v) is 6.34. The average molecular weight is 391 g/mol. The second kappa shape index (κ2) is 6.85. The van der Waals surface area contributed by atoms with E-state index in [1.807, 2.05) is 28.8 Å². The molecule has 1 aromatic heterocycles. The zero-order valence-electron chi connectivity index (χ0n) is 16.0. The lowest BCUT2D eigenvalue weighted by Gasteiger charge is -2.13. The van der Waals surface area contributed by atoms with Crippen LogP contribution in [0.25, 0.3) is 22.4 Å². The monoisotopic (exact) mass is 390 g/mol. The maximum atomic E-state index is 11.4. The zero-order valence-corrected chi connectivity index (χ0v) is 16.8. The van der Waals surface area contributed by atoms with E-state index in [1.165, 1.54) is 30.4 Å². The molecule has 3 aromatic rings. The average Bonchev–Trinajstić information content (AvgIpc) is 3.36. The number of benzene rings is 2. The molecule has 0 radical (unpaired) electrons. The number of carboxylic acids is 1. The molecule has 1 heterocycles. The van der Waals surface area contributed by atoms with Gasteiger partial charge in [-0.1, -0.05) is 55.0 Å². The largest absolute Gasteiger partial charge is 0.477 e. The Morgan fingerprint density at radius 2 is 2.04 bits per heavy atom. The highest BCUT2D eigenvalue weighted by molar-refractivity contribution is 7.18. The van der Waals surface area contributed by atoms with Gasteiger partial charge in [-0.3, -0.25) is 0 Å². The summed E-state index contributed by atoms with van der Waals surface area (Å²) >= 11 is 1.64. The quantitative estimate of drug-likeness (QED) is 0.602. The highest BCUT2D eigenvalue weighted by Gasteiger charge is 2.40. The van der Waals surface area contributed by atoms with Crippen LogP contribution in [0.2, 0.25) is 0 Å². The van der Waals surface area contributed by atoms with Gasteiger partial charge in [0, 0.05) is 12.1 Å². The molecule has 0 saturated heterocycles. The van der Waals surface area contributed by atoms with E-state index >= 15 is 0 Å². The molecule has 0 aliphatic heterocycles. The lowest BCUT2D eigenvalue weighted by molar-refractivity contribution is -0.657. The predicted molar refractivity (Wildman–Crippen MR) is 114 cm³/mol. The molecule has 2 aromatic carbocycles. The van der Waals surface area contributed by atoms with Crippen LogP contribution in [0, 0.1) is 5.92 Å². The van der Waals surface area contributed by atoms with Crippen molar-refractivity contribution in [2.24, 2.45) is 5.92 Å². The number of hydrogen-bond acceptors (Lipinski definition) is 2. The van der Waals surface area contributed by atoms with Gasteiger partial charge in [0.05, 0.1) is 0 Å². The molecule has 0 amide bonds. The van der Waals surface area contributed by atoms with Crippen LogP contribution in [-0.4, -0.2) is 11.1 Å². The summed E-state index contributed by atoms with van der Waals surface area (Å²) in [5.41, 5.74) is 5.27. The molecule has 1 fully saturated rings. The van der Waals surface area contributed by atoms with Crippen LogP contribution in [0.5, 0.6) is 0 Å². The SMILES string of the molecule is CC1c2ccc(C=Cc3sc4ccccc4[n+]3CC(=O)O)cc2C2CCCC12. The number of para-hydroxylation sites is 1. The first kappa shape index (κ1) is 17.6. The number of fused-ring (bicyclic) bond motifs is 4. The molecule has 3 unspecified atom stereocenters. The van der Waals surface area contributed by atoms with E-state index in [2.05, 4.69) is 37.3 Å². The Kier molecular flexibility index (Phi) is 4.31. The molecule has 2 aliphatic rings. The Morgan fingerprint density at radius 3 is 2.89 bits per heavy atom. The molecular weight excluding hydrogens is 366 g/mol. The van der Waals surface area contributed by atoms with Gasteiger partial charge in [0.25, 0.3) is 5.01 Å². The standard InChI is InChI=1S/C24H23NO2S/c1-15-17-5-4-6-19(17)20-13-16(9-11-18(15)20)10-12-23-25(14-24(26)27)21-7-2-3-8-22(21)28-23/h2-3,7-13,15,17,19H,4-6,14H2,1H3/p+1. The third-order valence-electron chi connectivity index (χ3n) is 6.56. The number of rotatable bonds is 4. The summed E-state index contributed by atoms with van der Waals surface area (Å²) in [4.78, 5) is 11.4. The third-order valence-corrected chi connectivity index (χ3v) is 7.69. The van der Waals surface area contributed by atoms with E-state index in [9.17, 15) is 9.90 Å². The van der Waals surface area contributed by atoms with E-state index in [-0.39, 0.29) is 6.54 Å². The number of hydrogen-bond donors (Lipinski definition) is 1. The maximum Gasteiger partial charge on any atom is 0.370 e. The van der Waals surface area contributed by atoms with Gasteiger partial charge in [-0.25, -0.2) is 4.79 Å². The van der Waals surface area contributed by atoms with Gasteiger partial charge in [0.2, 0.25) is 12.1 Å². The Bertz CT molecular complexity index is 1100. The predicted octanol–water partition coefficient (Wildman–Crippen LogP) is 5.44. The smallest absolute Gasteiger partial charge is 0.370 e. The van der Waals surface area contributed by atoms with Crippen molar-refractivity contribution < 1.29 is 14.5 Å². The fourth-order valence-electron chi connectivity index (χ4n) is 5.28. The van der Waals surface area contributed by atoms with E-state index in [4.69, 9.17) is 0 Å². The van der Waals surface area contributed by atoms with Crippen molar-refractivity contribution in [3.8, 4) is 0 Å². The maximum absolute atomic E-state index is 11.4. The van der Waals surface area contributed by atoms with Crippen LogP contribution in [0.1, 0.15) is 59.7 Å². The van der Waals surface area contributed by atoms with Crippen LogP contribution in [0.15, 0.2) is 42.5 Å². The van der Waals surface area contributed by atoms with Crippen molar-refractivity contribution in [3.63, 3.8) is 0 Å². The molecule has 1 N–H and O–H groups in total. The van der Waals surface area contributed by atoms with Gasteiger partial charge in [-0.2, -0.15) is 4.57 Å². The summed E-state index contributed by atoms with van der Waals surface area (Å²) in [6.45, 7) is 2.37. The van der Waals surface area contributed by atoms with Gasteiger partial charge >= 0.3 is 5.97 Å². The molecule has 1 saturated carbocycles. The number of carbonyl (C=O) groups is 1. The van der Waals surface area contributed by atoms with Gasteiger partial charge < -0.3 is 5.11 Å². The highest BCUT2D eigenvalue weighted by Crippen LogP contribution is 2.54. The Labute approximate surface area is 169 Å². The van der Waals surface area contributed by atoms with Crippen LogP contribution in [-0.2, 0) is 11.3 Å². The van der Waals surface area contributed by atoms with Crippen LogP contribution >= 0.6 is 11.3 Å². The van der Waals surface area contributed by atoms with Crippen molar-refractivity contribution >= 4 is 39.7 Å². The van der Waals surface area contributed by atoms with Crippen molar-refractivity contribution in [3.05, 3.63) is 64.2 Å². The van der Waals surface area contributed by atoms with E-state index in [0.29, 0.717) is 5.92 Å². The van der Waals surface area contributed by atoms with Gasteiger partial charge in [-0.15, -0.1) is 0 Å². The van der Waals surface area contributed by atoms with E-state index in [1.54, 1.807) is 16.9 Å². The van der Waals surface area contributed by atoms with E-state index < -0.39 is 5.97 Å². The van der Waals surface area contributed by atoms with Crippen molar-refractivity contribution in [2.75, 3.05) is 0 Å². The molecule has 5 rings (SSSR count). The molecule has 28 heavy (non-hydrogen) atoms. The van der Waals surface area contributed by atoms with Crippen molar-refractivity contribution in [1.29, 1.82) is 0 Å². The van der Waals surface area contributed by atoms with Crippen molar-refractivity contribution in [2.45, 2.75) is 44.6 Å². The second-order valence-corrected chi connectivity index (χ2v) is 9.16. The lowest BCUT2D eigenvalue weighted by atomic mass is 9.91.